The number of hydrogen-bond acceptors (Lipinski definition) is 4. The lowest BCUT2D eigenvalue weighted by Crippen LogP contribution is -2.33. The second-order valence-corrected chi connectivity index (χ2v) is 3.11. The van der Waals surface area contributed by atoms with Gasteiger partial charge in [-0.2, -0.15) is 0 Å². The highest BCUT2D eigenvalue weighted by Crippen LogP contribution is 2.06. The molecule has 0 aromatic carbocycles. The Hall–Kier alpha value is -0.650. The standard InChI is InChI=1S/C8H16N2O3/c11-8(10-12)3-6-13-7-1-4-9-5-2-7/h7,9,12H,1-6H2,(H,10,11). The van der Waals surface area contributed by atoms with E-state index in [1.54, 1.807) is 5.48 Å². The molecule has 0 spiro atoms. The number of rotatable bonds is 4. The lowest BCUT2D eigenvalue weighted by molar-refractivity contribution is -0.130. The summed E-state index contributed by atoms with van der Waals surface area (Å²) in [5.74, 6) is -0.395. The molecule has 0 radical (unpaired) electrons. The Labute approximate surface area is 77.4 Å². The van der Waals surface area contributed by atoms with Gasteiger partial charge in [0.15, 0.2) is 0 Å². The summed E-state index contributed by atoms with van der Waals surface area (Å²) in [6.45, 7) is 2.35. The summed E-state index contributed by atoms with van der Waals surface area (Å²) in [5, 5.41) is 11.4. The van der Waals surface area contributed by atoms with Crippen molar-refractivity contribution in [1.82, 2.24) is 10.8 Å². The molecular weight excluding hydrogens is 172 g/mol. The molecule has 5 heteroatoms. The van der Waals surface area contributed by atoms with Crippen molar-refractivity contribution in [2.45, 2.75) is 25.4 Å². The van der Waals surface area contributed by atoms with Crippen molar-refractivity contribution in [2.24, 2.45) is 0 Å². The van der Waals surface area contributed by atoms with Crippen LogP contribution < -0.4 is 10.8 Å². The summed E-state index contributed by atoms with van der Waals surface area (Å²) in [7, 11) is 0. The molecule has 0 atom stereocenters. The van der Waals surface area contributed by atoms with Crippen molar-refractivity contribution in [3.8, 4) is 0 Å². The first-order chi connectivity index (χ1) is 6.33. The van der Waals surface area contributed by atoms with Gasteiger partial charge in [-0.25, -0.2) is 5.48 Å². The Morgan fingerprint density at radius 1 is 1.54 bits per heavy atom. The molecule has 1 aliphatic rings. The minimum atomic E-state index is -0.395. The van der Waals surface area contributed by atoms with E-state index in [1.165, 1.54) is 0 Å². The van der Waals surface area contributed by atoms with Crippen LogP contribution in [0, 0.1) is 0 Å². The summed E-state index contributed by atoms with van der Waals surface area (Å²) >= 11 is 0. The Bertz CT molecular complexity index is 157. The number of hydrogen-bond donors (Lipinski definition) is 3. The molecule has 0 aromatic rings. The van der Waals surface area contributed by atoms with Gasteiger partial charge >= 0.3 is 0 Å². The predicted molar refractivity (Wildman–Crippen MR) is 46.4 cm³/mol. The zero-order valence-corrected chi connectivity index (χ0v) is 7.58. The summed E-state index contributed by atoms with van der Waals surface area (Å²) in [5.41, 5.74) is 1.57. The summed E-state index contributed by atoms with van der Waals surface area (Å²) in [6, 6.07) is 0. The van der Waals surface area contributed by atoms with E-state index in [0.29, 0.717) is 6.61 Å². The molecule has 0 aliphatic carbocycles. The highest BCUT2D eigenvalue weighted by Gasteiger charge is 2.13. The minimum Gasteiger partial charge on any atom is -0.378 e. The molecule has 1 rings (SSSR count). The molecule has 1 saturated heterocycles. The maximum atomic E-state index is 10.6. The van der Waals surface area contributed by atoms with Gasteiger partial charge < -0.3 is 10.1 Å². The van der Waals surface area contributed by atoms with Crippen molar-refractivity contribution in [3.63, 3.8) is 0 Å². The van der Waals surface area contributed by atoms with E-state index in [0.717, 1.165) is 25.9 Å². The minimum absolute atomic E-state index is 0.223. The van der Waals surface area contributed by atoms with Crippen LogP contribution in [0.1, 0.15) is 19.3 Å². The van der Waals surface area contributed by atoms with Crippen LogP contribution in [0.3, 0.4) is 0 Å². The number of carbonyl (C=O) groups excluding carboxylic acids is 1. The average molecular weight is 188 g/mol. The van der Waals surface area contributed by atoms with Gasteiger partial charge in [-0.05, 0) is 25.9 Å². The maximum Gasteiger partial charge on any atom is 0.245 e. The normalized spacial score (nSPS) is 18.5. The van der Waals surface area contributed by atoms with E-state index in [1.807, 2.05) is 0 Å². The Morgan fingerprint density at radius 2 is 2.23 bits per heavy atom. The molecular formula is C8H16N2O3. The number of ether oxygens (including phenoxy) is 1. The van der Waals surface area contributed by atoms with Gasteiger partial charge in [0.05, 0.1) is 19.1 Å². The van der Waals surface area contributed by atoms with Crippen LogP contribution in [-0.4, -0.2) is 36.9 Å². The van der Waals surface area contributed by atoms with Crippen LogP contribution in [0.15, 0.2) is 0 Å². The van der Waals surface area contributed by atoms with Crippen LogP contribution in [0.5, 0.6) is 0 Å². The summed E-state index contributed by atoms with van der Waals surface area (Å²) in [6.07, 6.45) is 2.50. The summed E-state index contributed by atoms with van der Waals surface area (Å²) < 4.78 is 5.44. The first-order valence-corrected chi connectivity index (χ1v) is 4.58. The lowest BCUT2D eigenvalue weighted by atomic mass is 10.1. The zero-order valence-electron chi connectivity index (χ0n) is 7.58. The number of hydroxylamine groups is 1. The van der Waals surface area contributed by atoms with Crippen molar-refractivity contribution >= 4 is 5.91 Å². The Morgan fingerprint density at radius 3 is 2.85 bits per heavy atom. The van der Waals surface area contributed by atoms with Gasteiger partial charge in [0.25, 0.3) is 0 Å². The van der Waals surface area contributed by atoms with Crippen molar-refractivity contribution < 1.29 is 14.7 Å². The first kappa shape index (κ1) is 10.4. The largest absolute Gasteiger partial charge is 0.378 e. The van der Waals surface area contributed by atoms with Crippen molar-refractivity contribution in [2.75, 3.05) is 19.7 Å². The van der Waals surface area contributed by atoms with E-state index in [9.17, 15) is 4.79 Å². The van der Waals surface area contributed by atoms with Gasteiger partial charge in [-0.3, -0.25) is 10.0 Å². The third kappa shape index (κ3) is 4.21. The van der Waals surface area contributed by atoms with Crippen molar-refractivity contribution in [1.29, 1.82) is 0 Å². The van der Waals surface area contributed by atoms with Gasteiger partial charge in [0.1, 0.15) is 0 Å². The monoisotopic (exact) mass is 188 g/mol. The van der Waals surface area contributed by atoms with Crippen LogP contribution in [-0.2, 0) is 9.53 Å². The predicted octanol–water partition coefficient (Wildman–Crippen LogP) is -0.349. The van der Waals surface area contributed by atoms with E-state index < -0.39 is 5.91 Å². The van der Waals surface area contributed by atoms with Crippen LogP contribution in [0.25, 0.3) is 0 Å². The zero-order chi connectivity index (χ0) is 9.52. The molecule has 3 N–H and O–H groups in total. The topological polar surface area (TPSA) is 70.6 Å². The number of carbonyl (C=O) groups is 1. The van der Waals surface area contributed by atoms with E-state index in [-0.39, 0.29) is 12.5 Å². The van der Waals surface area contributed by atoms with Crippen LogP contribution in [0.2, 0.25) is 0 Å². The van der Waals surface area contributed by atoms with Crippen LogP contribution in [0.4, 0.5) is 0 Å². The third-order valence-electron chi connectivity index (χ3n) is 2.09. The van der Waals surface area contributed by atoms with Gasteiger partial charge in [0, 0.05) is 0 Å². The molecule has 5 nitrogen and oxygen atoms in total. The number of amides is 1. The molecule has 76 valence electrons. The molecule has 13 heavy (non-hydrogen) atoms. The third-order valence-corrected chi connectivity index (χ3v) is 2.09. The average Bonchev–Trinajstić information content (AvgIpc) is 2.19. The second kappa shape index (κ2) is 5.90. The van der Waals surface area contributed by atoms with Gasteiger partial charge in [-0.15, -0.1) is 0 Å². The molecule has 0 unspecified atom stereocenters. The molecule has 0 saturated carbocycles. The van der Waals surface area contributed by atoms with Gasteiger partial charge in [0.2, 0.25) is 5.91 Å². The molecule has 1 aliphatic heterocycles. The molecule has 0 aromatic heterocycles. The van der Waals surface area contributed by atoms with E-state index in [2.05, 4.69) is 5.32 Å². The molecule has 1 fully saturated rings. The van der Waals surface area contributed by atoms with Crippen molar-refractivity contribution in [3.05, 3.63) is 0 Å². The van der Waals surface area contributed by atoms with Crippen LogP contribution >= 0.6 is 0 Å². The quantitative estimate of drug-likeness (QED) is 0.416. The highest BCUT2D eigenvalue weighted by molar-refractivity contribution is 5.74. The Kier molecular flexibility index (Phi) is 4.74. The smallest absolute Gasteiger partial charge is 0.245 e. The SMILES string of the molecule is O=C(CCOC1CCNCC1)NO. The van der Waals surface area contributed by atoms with E-state index >= 15 is 0 Å². The first-order valence-electron chi connectivity index (χ1n) is 4.58. The summed E-state index contributed by atoms with van der Waals surface area (Å²) in [4.78, 5) is 10.6. The molecule has 0 bridgehead atoms. The fourth-order valence-electron chi connectivity index (χ4n) is 1.34. The number of piperidine rings is 1. The Balaban J connectivity index is 2.01. The number of nitrogens with one attached hydrogen (secondary N) is 2. The highest BCUT2D eigenvalue weighted by atomic mass is 16.5. The molecule has 1 heterocycles. The maximum absolute atomic E-state index is 10.6. The lowest BCUT2D eigenvalue weighted by Gasteiger charge is -2.22. The molecule has 1 amide bonds. The second-order valence-electron chi connectivity index (χ2n) is 3.11. The fourth-order valence-corrected chi connectivity index (χ4v) is 1.34. The van der Waals surface area contributed by atoms with Gasteiger partial charge in [-0.1, -0.05) is 0 Å². The van der Waals surface area contributed by atoms with E-state index in [4.69, 9.17) is 9.94 Å². The fraction of sp³-hybridized carbons (Fsp3) is 0.875.